The van der Waals surface area contributed by atoms with Gasteiger partial charge in [-0.15, -0.1) is 0 Å². The fourth-order valence-corrected chi connectivity index (χ4v) is 3.29. The zero-order valence-corrected chi connectivity index (χ0v) is 15.8. The van der Waals surface area contributed by atoms with E-state index in [-0.39, 0.29) is 35.6 Å². The maximum atomic E-state index is 13.2. The predicted octanol–water partition coefficient (Wildman–Crippen LogP) is 3.35. The molecular weight excluding hydrogens is 380 g/mol. The number of nitrogens with zero attached hydrogens (tertiary/aromatic N) is 1. The summed E-state index contributed by atoms with van der Waals surface area (Å²) in [5.41, 5.74) is 0.613. The number of carbonyl (C=O) groups is 2. The zero-order valence-electron chi connectivity index (χ0n) is 15.8. The van der Waals surface area contributed by atoms with Crippen molar-refractivity contribution >= 4 is 23.2 Å². The van der Waals surface area contributed by atoms with Gasteiger partial charge in [0.2, 0.25) is 11.8 Å². The molecule has 0 spiro atoms. The van der Waals surface area contributed by atoms with Gasteiger partial charge < -0.3 is 20.6 Å². The summed E-state index contributed by atoms with van der Waals surface area (Å²) in [6.45, 7) is 1.87. The van der Waals surface area contributed by atoms with Crippen molar-refractivity contribution in [3.05, 3.63) is 54.1 Å². The summed E-state index contributed by atoms with van der Waals surface area (Å²) in [4.78, 5) is 26.5. The third-order valence-corrected chi connectivity index (χ3v) is 4.98. The van der Waals surface area contributed by atoms with Crippen LogP contribution in [0.4, 0.5) is 20.2 Å². The Balaban J connectivity index is 1.40. The number of phenolic OH excluding ortho intramolecular Hbond substituents is 1. The number of anilines is 2. The lowest BCUT2D eigenvalue weighted by atomic mass is 9.95. The van der Waals surface area contributed by atoms with E-state index in [1.807, 2.05) is 0 Å². The second-order valence-electron chi connectivity index (χ2n) is 7.05. The van der Waals surface area contributed by atoms with Crippen LogP contribution in [0.25, 0.3) is 0 Å². The van der Waals surface area contributed by atoms with Crippen molar-refractivity contribution in [2.75, 3.05) is 30.3 Å². The van der Waals surface area contributed by atoms with Crippen LogP contribution in [-0.2, 0) is 9.59 Å². The molecule has 3 N–H and O–H groups in total. The second-order valence-corrected chi connectivity index (χ2v) is 7.05. The molecule has 1 saturated heterocycles. The first-order chi connectivity index (χ1) is 13.9. The average Bonchev–Trinajstić information content (AvgIpc) is 2.71. The lowest BCUT2D eigenvalue weighted by molar-refractivity contribution is -0.121. The summed E-state index contributed by atoms with van der Waals surface area (Å²) in [5.74, 6) is -2.49. The standard InChI is InChI=1S/C21H23F2N3O3/c22-16-6-5-15(13-17(16)23)24-20(28)9-12-26-10-7-14(8-11-26)21(29)25-18-3-1-2-4-19(18)27/h1-6,13-14,27H,7-12H2,(H,24,28)(H,25,29). The van der Waals surface area contributed by atoms with E-state index >= 15 is 0 Å². The Bertz CT molecular complexity index is 883. The molecular formula is C21H23F2N3O3. The molecule has 0 saturated carbocycles. The van der Waals surface area contributed by atoms with E-state index in [2.05, 4.69) is 15.5 Å². The number of carbonyl (C=O) groups excluding carboxylic acids is 2. The number of para-hydroxylation sites is 2. The number of phenols is 1. The Morgan fingerprint density at radius 2 is 1.76 bits per heavy atom. The number of piperidine rings is 1. The normalized spacial score (nSPS) is 15.1. The fourth-order valence-electron chi connectivity index (χ4n) is 3.29. The van der Waals surface area contributed by atoms with Gasteiger partial charge in [-0.25, -0.2) is 8.78 Å². The first-order valence-corrected chi connectivity index (χ1v) is 9.48. The summed E-state index contributed by atoms with van der Waals surface area (Å²) in [7, 11) is 0. The third-order valence-electron chi connectivity index (χ3n) is 4.98. The van der Waals surface area contributed by atoms with Crippen molar-refractivity contribution < 1.29 is 23.5 Å². The number of hydrogen-bond donors (Lipinski definition) is 3. The van der Waals surface area contributed by atoms with Crippen molar-refractivity contribution in [2.45, 2.75) is 19.3 Å². The van der Waals surface area contributed by atoms with E-state index in [9.17, 15) is 23.5 Å². The van der Waals surface area contributed by atoms with Crippen LogP contribution in [0, 0.1) is 17.6 Å². The number of likely N-dealkylation sites (tertiary alicyclic amines) is 1. The summed E-state index contributed by atoms with van der Waals surface area (Å²) in [6.07, 6.45) is 1.53. The van der Waals surface area contributed by atoms with Crippen LogP contribution in [0.3, 0.4) is 0 Å². The lowest BCUT2D eigenvalue weighted by Crippen LogP contribution is -2.39. The van der Waals surface area contributed by atoms with Crippen LogP contribution in [0.5, 0.6) is 5.75 Å². The average molecular weight is 403 g/mol. The molecule has 0 radical (unpaired) electrons. The number of benzene rings is 2. The minimum absolute atomic E-state index is 0.0327. The van der Waals surface area contributed by atoms with E-state index in [1.54, 1.807) is 18.2 Å². The van der Waals surface area contributed by atoms with Crippen LogP contribution in [0.1, 0.15) is 19.3 Å². The molecule has 0 unspecified atom stereocenters. The third kappa shape index (κ3) is 5.74. The van der Waals surface area contributed by atoms with Crippen molar-refractivity contribution in [1.82, 2.24) is 4.90 Å². The highest BCUT2D eigenvalue weighted by atomic mass is 19.2. The molecule has 1 heterocycles. The first kappa shape index (κ1) is 20.7. The molecule has 8 heteroatoms. The molecule has 3 rings (SSSR count). The minimum Gasteiger partial charge on any atom is -0.506 e. The van der Waals surface area contributed by atoms with Crippen LogP contribution in [-0.4, -0.2) is 41.5 Å². The molecule has 0 bridgehead atoms. The van der Waals surface area contributed by atoms with Gasteiger partial charge >= 0.3 is 0 Å². The lowest BCUT2D eigenvalue weighted by Gasteiger charge is -2.31. The van der Waals surface area contributed by atoms with Crippen LogP contribution in [0.2, 0.25) is 0 Å². The van der Waals surface area contributed by atoms with Crippen LogP contribution >= 0.6 is 0 Å². The van der Waals surface area contributed by atoms with Gasteiger partial charge in [-0.2, -0.15) is 0 Å². The van der Waals surface area contributed by atoms with Gasteiger partial charge in [0.05, 0.1) is 5.69 Å². The molecule has 0 aromatic heterocycles. The van der Waals surface area contributed by atoms with E-state index in [1.165, 1.54) is 12.1 Å². The van der Waals surface area contributed by atoms with Crippen LogP contribution in [0.15, 0.2) is 42.5 Å². The molecule has 0 aliphatic carbocycles. The molecule has 0 atom stereocenters. The number of halogens is 2. The van der Waals surface area contributed by atoms with Gasteiger partial charge in [0.25, 0.3) is 0 Å². The molecule has 1 fully saturated rings. The van der Waals surface area contributed by atoms with Gasteiger partial charge in [0.1, 0.15) is 5.75 Å². The highest BCUT2D eigenvalue weighted by Crippen LogP contribution is 2.25. The molecule has 6 nitrogen and oxygen atoms in total. The van der Waals surface area contributed by atoms with Crippen LogP contribution < -0.4 is 10.6 Å². The Kier molecular flexibility index (Phi) is 6.77. The smallest absolute Gasteiger partial charge is 0.227 e. The maximum absolute atomic E-state index is 13.2. The van der Waals surface area contributed by atoms with E-state index in [4.69, 9.17) is 0 Å². The molecule has 1 aliphatic heterocycles. The molecule has 1 aliphatic rings. The Morgan fingerprint density at radius 3 is 2.45 bits per heavy atom. The zero-order chi connectivity index (χ0) is 20.8. The van der Waals surface area contributed by atoms with E-state index in [0.29, 0.717) is 38.2 Å². The topological polar surface area (TPSA) is 81.7 Å². The van der Waals surface area contributed by atoms with Gasteiger partial charge in [-0.3, -0.25) is 9.59 Å². The SMILES string of the molecule is O=C(CCN1CCC(C(=O)Nc2ccccc2O)CC1)Nc1ccc(F)c(F)c1. The number of hydrogen-bond acceptors (Lipinski definition) is 4. The second kappa shape index (κ2) is 9.47. The summed E-state index contributed by atoms with van der Waals surface area (Å²) < 4.78 is 26.1. The highest BCUT2D eigenvalue weighted by molar-refractivity contribution is 5.94. The van der Waals surface area contributed by atoms with Gasteiger partial charge in [-0.1, -0.05) is 12.1 Å². The molecule has 29 heavy (non-hydrogen) atoms. The molecule has 2 aromatic carbocycles. The van der Waals surface area contributed by atoms with Crippen molar-refractivity contribution in [3.8, 4) is 5.75 Å². The largest absolute Gasteiger partial charge is 0.506 e. The molecule has 154 valence electrons. The van der Waals surface area contributed by atoms with Gasteiger partial charge in [0.15, 0.2) is 11.6 Å². The number of aromatic hydroxyl groups is 1. The maximum Gasteiger partial charge on any atom is 0.227 e. The number of nitrogens with one attached hydrogen (secondary N) is 2. The Labute approximate surface area is 167 Å². The monoisotopic (exact) mass is 403 g/mol. The summed E-state index contributed by atoms with van der Waals surface area (Å²) >= 11 is 0. The Morgan fingerprint density at radius 1 is 1.03 bits per heavy atom. The first-order valence-electron chi connectivity index (χ1n) is 9.48. The molecule has 2 amide bonds. The highest BCUT2D eigenvalue weighted by Gasteiger charge is 2.25. The van der Waals surface area contributed by atoms with E-state index in [0.717, 1.165) is 12.1 Å². The fraction of sp³-hybridized carbons (Fsp3) is 0.333. The van der Waals surface area contributed by atoms with Crippen molar-refractivity contribution in [2.24, 2.45) is 5.92 Å². The quantitative estimate of drug-likeness (QED) is 0.646. The molecule has 2 aromatic rings. The van der Waals surface area contributed by atoms with Crippen molar-refractivity contribution in [1.29, 1.82) is 0 Å². The summed E-state index contributed by atoms with van der Waals surface area (Å²) in [5, 5.41) is 15.1. The van der Waals surface area contributed by atoms with Gasteiger partial charge in [0, 0.05) is 30.6 Å². The van der Waals surface area contributed by atoms with E-state index < -0.39 is 11.6 Å². The van der Waals surface area contributed by atoms with Gasteiger partial charge in [-0.05, 0) is 50.2 Å². The number of rotatable bonds is 6. The summed E-state index contributed by atoms with van der Waals surface area (Å²) in [6, 6.07) is 9.82. The minimum atomic E-state index is -1.01. The number of amides is 2. The predicted molar refractivity (Wildman–Crippen MR) is 106 cm³/mol. The Hall–Kier alpha value is -3.00. The van der Waals surface area contributed by atoms with Crippen molar-refractivity contribution in [3.63, 3.8) is 0 Å².